The van der Waals surface area contributed by atoms with E-state index < -0.39 is 11.7 Å². The van der Waals surface area contributed by atoms with Crippen LogP contribution in [0.15, 0.2) is 84.5 Å². The number of allylic oxidation sites excluding steroid dienone is 2. The fourth-order valence-electron chi connectivity index (χ4n) is 2.94. The maximum Gasteiger partial charge on any atom is 0.322 e. The Morgan fingerprint density at radius 2 is 1.67 bits per heavy atom. The zero-order chi connectivity index (χ0) is 22.0. The summed E-state index contributed by atoms with van der Waals surface area (Å²) in [6.45, 7) is -0.0377. The molecule has 0 saturated heterocycles. The van der Waals surface area contributed by atoms with Crippen LogP contribution in [0.1, 0.15) is 16.8 Å². The quantitative estimate of drug-likeness (QED) is 0.535. The SMILES string of the molecule is COC1(N(C)C)C=CC(C(=O)c2ccccc2)=CC1.O=C(O)CNc1ccccc1. The number of Topliss-reactive ketones (excluding diaryl/α,β-unsaturated/α-hetero) is 1. The van der Waals surface area contributed by atoms with Crippen LogP contribution in [0, 0.1) is 0 Å². The highest BCUT2D eigenvalue weighted by Gasteiger charge is 2.31. The minimum atomic E-state index is -0.853. The maximum absolute atomic E-state index is 12.3. The lowest BCUT2D eigenvalue weighted by molar-refractivity contribution is -0.134. The molecule has 1 aliphatic rings. The van der Waals surface area contributed by atoms with Crippen molar-refractivity contribution < 1.29 is 19.4 Å². The number of hydrogen-bond acceptors (Lipinski definition) is 5. The number of carbonyl (C=O) groups excluding carboxylic acids is 1. The van der Waals surface area contributed by atoms with E-state index in [1.807, 2.05) is 97.9 Å². The molecule has 0 fully saturated rings. The number of carbonyl (C=O) groups is 2. The molecule has 2 aromatic rings. The average molecular weight is 408 g/mol. The molecule has 0 aliphatic heterocycles. The molecule has 30 heavy (non-hydrogen) atoms. The molecule has 6 nitrogen and oxygen atoms in total. The van der Waals surface area contributed by atoms with Gasteiger partial charge in [-0.05, 0) is 32.3 Å². The Kier molecular flexibility index (Phi) is 8.53. The Hall–Kier alpha value is -3.22. The molecular formula is C24H28N2O4. The molecule has 0 bridgehead atoms. The van der Waals surface area contributed by atoms with Gasteiger partial charge < -0.3 is 15.2 Å². The summed E-state index contributed by atoms with van der Waals surface area (Å²) < 4.78 is 5.56. The summed E-state index contributed by atoms with van der Waals surface area (Å²) in [4.78, 5) is 24.4. The van der Waals surface area contributed by atoms with Gasteiger partial charge in [0.1, 0.15) is 12.3 Å². The number of ketones is 1. The van der Waals surface area contributed by atoms with E-state index in [1.165, 1.54) is 0 Å². The van der Waals surface area contributed by atoms with Crippen LogP contribution >= 0.6 is 0 Å². The third-order valence-corrected chi connectivity index (χ3v) is 4.76. The number of ether oxygens (including phenoxy) is 1. The van der Waals surface area contributed by atoms with Gasteiger partial charge in [0.05, 0.1) is 0 Å². The molecule has 0 heterocycles. The smallest absolute Gasteiger partial charge is 0.322 e. The number of anilines is 1. The van der Waals surface area contributed by atoms with Gasteiger partial charge in [0.25, 0.3) is 0 Å². The number of hydrogen-bond donors (Lipinski definition) is 2. The third-order valence-electron chi connectivity index (χ3n) is 4.76. The summed E-state index contributed by atoms with van der Waals surface area (Å²) in [6.07, 6.45) is 6.41. The van der Waals surface area contributed by atoms with Gasteiger partial charge in [0.15, 0.2) is 5.78 Å². The number of nitrogens with one attached hydrogen (secondary N) is 1. The van der Waals surface area contributed by atoms with E-state index in [0.29, 0.717) is 12.0 Å². The van der Waals surface area contributed by atoms with Crippen molar-refractivity contribution in [2.75, 3.05) is 33.1 Å². The topological polar surface area (TPSA) is 78.9 Å². The first-order chi connectivity index (χ1) is 14.4. The Bertz CT molecular complexity index is 892. The molecule has 1 unspecified atom stereocenters. The van der Waals surface area contributed by atoms with Crippen molar-refractivity contribution in [3.63, 3.8) is 0 Å². The van der Waals surface area contributed by atoms with Crippen LogP contribution in [0.2, 0.25) is 0 Å². The van der Waals surface area contributed by atoms with E-state index in [4.69, 9.17) is 9.84 Å². The molecule has 158 valence electrons. The highest BCUT2D eigenvalue weighted by atomic mass is 16.5. The van der Waals surface area contributed by atoms with Gasteiger partial charge in [-0.25, -0.2) is 0 Å². The fraction of sp³-hybridized carbons (Fsp3) is 0.250. The van der Waals surface area contributed by atoms with E-state index in [-0.39, 0.29) is 12.3 Å². The number of carboxylic acid groups (broad SMARTS) is 1. The van der Waals surface area contributed by atoms with Gasteiger partial charge in [-0.1, -0.05) is 60.7 Å². The zero-order valence-electron chi connectivity index (χ0n) is 17.5. The zero-order valence-corrected chi connectivity index (χ0v) is 17.5. The number of methoxy groups -OCH3 is 1. The minimum absolute atomic E-state index is 0.0377. The first-order valence-corrected chi connectivity index (χ1v) is 9.60. The van der Waals surface area contributed by atoms with Crippen molar-refractivity contribution in [1.82, 2.24) is 4.90 Å². The second kappa shape index (κ2) is 11.1. The van der Waals surface area contributed by atoms with E-state index in [1.54, 1.807) is 7.11 Å². The first kappa shape index (κ1) is 23.1. The van der Waals surface area contributed by atoms with Gasteiger partial charge in [-0.2, -0.15) is 0 Å². The van der Waals surface area contributed by atoms with E-state index in [2.05, 4.69) is 5.32 Å². The fourth-order valence-corrected chi connectivity index (χ4v) is 2.94. The van der Waals surface area contributed by atoms with Crippen LogP contribution < -0.4 is 5.32 Å². The lowest BCUT2D eigenvalue weighted by atomic mass is 9.93. The van der Waals surface area contributed by atoms with Crippen molar-refractivity contribution in [3.8, 4) is 0 Å². The number of para-hydroxylation sites is 1. The number of aliphatic carboxylic acids is 1. The summed E-state index contributed by atoms with van der Waals surface area (Å²) in [5, 5.41) is 11.1. The predicted molar refractivity (Wildman–Crippen MR) is 119 cm³/mol. The molecule has 1 atom stereocenters. The average Bonchev–Trinajstić information content (AvgIpc) is 2.79. The molecule has 6 heteroatoms. The van der Waals surface area contributed by atoms with Crippen LogP contribution in [0.25, 0.3) is 0 Å². The van der Waals surface area contributed by atoms with E-state index in [9.17, 15) is 9.59 Å². The summed E-state index contributed by atoms with van der Waals surface area (Å²) in [7, 11) is 5.61. The lowest BCUT2D eigenvalue weighted by Gasteiger charge is -2.36. The lowest BCUT2D eigenvalue weighted by Crippen LogP contribution is -2.44. The van der Waals surface area contributed by atoms with Gasteiger partial charge in [0.2, 0.25) is 0 Å². The van der Waals surface area contributed by atoms with E-state index >= 15 is 0 Å². The second-order valence-corrected chi connectivity index (χ2v) is 6.95. The Morgan fingerprint density at radius 3 is 2.13 bits per heavy atom. The van der Waals surface area contributed by atoms with Crippen LogP contribution in [0.5, 0.6) is 0 Å². The van der Waals surface area contributed by atoms with Crippen LogP contribution in [-0.4, -0.2) is 55.2 Å². The summed E-state index contributed by atoms with van der Waals surface area (Å²) in [5.74, 6) is -0.797. The second-order valence-electron chi connectivity index (χ2n) is 6.95. The Morgan fingerprint density at radius 1 is 1.07 bits per heavy atom. The van der Waals surface area contributed by atoms with Crippen LogP contribution in [0.3, 0.4) is 0 Å². The van der Waals surface area contributed by atoms with E-state index in [0.717, 1.165) is 11.3 Å². The van der Waals surface area contributed by atoms with Gasteiger partial charge in [0, 0.05) is 30.4 Å². The van der Waals surface area contributed by atoms with Crippen molar-refractivity contribution >= 4 is 17.4 Å². The van der Waals surface area contributed by atoms with Gasteiger partial charge in [-0.15, -0.1) is 0 Å². The van der Waals surface area contributed by atoms with Crippen molar-refractivity contribution in [2.24, 2.45) is 0 Å². The monoisotopic (exact) mass is 408 g/mol. The normalized spacial score (nSPS) is 17.5. The largest absolute Gasteiger partial charge is 0.480 e. The Balaban J connectivity index is 0.000000248. The third kappa shape index (κ3) is 6.40. The molecular weight excluding hydrogens is 380 g/mol. The number of nitrogens with zero attached hydrogens (tertiary/aromatic N) is 1. The molecule has 0 spiro atoms. The predicted octanol–water partition coefficient (Wildman–Crippen LogP) is 3.84. The minimum Gasteiger partial charge on any atom is -0.480 e. The van der Waals surface area contributed by atoms with Gasteiger partial charge >= 0.3 is 5.97 Å². The molecule has 0 amide bonds. The molecule has 0 radical (unpaired) electrons. The number of benzene rings is 2. The summed E-state index contributed by atoms with van der Waals surface area (Å²) in [5.41, 5.74) is 1.82. The molecule has 3 rings (SSSR count). The highest BCUT2D eigenvalue weighted by molar-refractivity contribution is 6.10. The van der Waals surface area contributed by atoms with Crippen molar-refractivity contribution in [2.45, 2.75) is 12.1 Å². The number of rotatable bonds is 7. The van der Waals surface area contributed by atoms with Crippen molar-refractivity contribution in [3.05, 3.63) is 90.0 Å². The first-order valence-electron chi connectivity index (χ1n) is 9.60. The highest BCUT2D eigenvalue weighted by Crippen LogP contribution is 2.27. The number of carboxylic acids is 1. The van der Waals surface area contributed by atoms with Crippen LogP contribution in [-0.2, 0) is 9.53 Å². The molecule has 1 aliphatic carbocycles. The van der Waals surface area contributed by atoms with Crippen molar-refractivity contribution in [1.29, 1.82) is 0 Å². The molecule has 0 aromatic heterocycles. The van der Waals surface area contributed by atoms with Gasteiger partial charge in [-0.3, -0.25) is 14.5 Å². The summed E-state index contributed by atoms with van der Waals surface area (Å²) >= 11 is 0. The van der Waals surface area contributed by atoms with Crippen LogP contribution in [0.4, 0.5) is 5.69 Å². The summed E-state index contributed by atoms with van der Waals surface area (Å²) in [6, 6.07) is 18.6. The number of likely N-dealkylation sites (N-methyl/N-ethyl adjacent to an activating group) is 1. The Labute approximate surface area is 177 Å². The maximum atomic E-state index is 12.3. The standard InChI is InChI=1S/C16H19NO2.C8H9NO2/c1-17(2)16(19-3)11-9-14(10-12-16)15(18)13-7-5-4-6-8-13;10-8(11)6-9-7-4-2-1-3-5-7/h4-11H,12H2,1-3H3;1-5,9H,6H2,(H,10,11). The molecule has 2 aromatic carbocycles. The molecule has 2 N–H and O–H groups in total. The molecule has 0 saturated carbocycles.